The molecule has 1 saturated carbocycles. The smallest absolute Gasteiger partial charge is 0.326 e. The number of aliphatic carboxylic acids is 1. The Morgan fingerprint density at radius 1 is 1.33 bits per heavy atom. The maximum Gasteiger partial charge on any atom is 0.326 e. The summed E-state index contributed by atoms with van der Waals surface area (Å²) in [4.78, 5) is 15.7. The standard InChI is InChI=1S/C16H20N2O3/c19-15(20)13(10-11-6-2-1-3-7-11)18-16-17-12-8-4-5-9-14(12)21-16/h4-5,8-9,11,13H,1-3,6-7,10H2,(H,17,18)(H,19,20). The Labute approximate surface area is 123 Å². The van der Waals surface area contributed by atoms with Gasteiger partial charge in [0.2, 0.25) is 0 Å². The summed E-state index contributed by atoms with van der Waals surface area (Å²) in [6.07, 6.45) is 6.57. The largest absolute Gasteiger partial charge is 0.480 e. The minimum Gasteiger partial charge on any atom is -0.480 e. The minimum absolute atomic E-state index is 0.291. The van der Waals surface area contributed by atoms with Crippen LogP contribution in [-0.2, 0) is 4.79 Å². The number of rotatable bonds is 5. The van der Waals surface area contributed by atoms with Crippen LogP contribution < -0.4 is 5.32 Å². The number of oxazole rings is 1. The van der Waals surface area contributed by atoms with E-state index in [1.807, 2.05) is 24.3 Å². The molecule has 0 radical (unpaired) electrons. The highest BCUT2D eigenvalue weighted by atomic mass is 16.4. The number of anilines is 1. The fourth-order valence-corrected chi connectivity index (χ4v) is 3.06. The van der Waals surface area contributed by atoms with E-state index in [4.69, 9.17) is 4.42 Å². The molecule has 2 N–H and O–H groups in total. The summed E-state index contributed by atoms with van der Waals surface area (Å²) in [7, 11) is 0. The summed E-state index contributed by atoms with van der Waals surface area (Å²) in [5.74, 6) is -0.362. The maximum absolute atomic E-state index is 11.5. The van der Waals surface area contributed by atoms with Crippen LogP contribution in [0, 0.1) is 5.92 Å². The quantitative estimate of drug-likeness (QED) is 0.878. The van der Waals surface area contributed by atoms with Gasteiger partial charge in [0.05, 0.1) is 0 Å². The zero-order valence-corrected chi connectivity index (χ0v) is 11.9. The first-order valence-corrected chi connectivity index (χ1v) is 7.57. The van der Waals surface area contributed by atoms with Gasteiger partial charge < -0.3 is 14.8 Å². The summed E-state index contributed by atoms with van der Waals surface area (Å²) in [6, 6.07) is 7.07. The Kier molecular flexibility index (Phi) is 4.08. The van der Waals surface area contributed by atoms with Crippen LogP contribution in [0.25, 0.3) is 11.1 Å². The molecule has 1 aromatic carbocycles. The molecule has 0 spiro atoms. The third-order valence-corrected chi connectivity index (χ3v) is 4.18. The number of nitrogens with zero attached hydrogens (tertiary/aromatic N) is 1. The van der Waals surface area contributed by atoms with Gasteiger partial charge in [-0.1, -0.05) is 44.2 Å². The van der Waals surface area contributed by atoms with Crippen molar-refractivity contribution in [3.63, 3.8) is 0 Å². The highest BCUT2D eigenvalue weighted by Crippen LogP contribution is 2.28. The van der Waals surface area contributed by atoms with E-state index in [1.165, 1.54) is 19.3 Å². The van der Waals surface area contributed by atoms with Crippen molar-refractivity contribution < 1.29 is 14.3 Å². The molecule has 1 aliphatic carbocycles. The predicted molar refractivity (Wildman–Crippen MR) is 80.2 cm³/mol. The molecule has 0 bridgehead atoms. The first kappa shape index (κ1) is 13.9. The van der Waals surface area contributed by atoms with Crippen LogP contribution in [0.3, 0.4) is 0 Å². The lowest BCUT2D eigenvalue weighted by Crippen LogP contribution is -2.32. The third-order valence-electron chi connectivity index (χ3n) is 4.18. The number of hydrogen-bond acceptors (Lipinski definition) is 4. The molecule has 3 rings (SSSR count). The predicted octanol–water partition coefficient (Wildman–Crippen LogP) is 3.66. The van der Waals surface area contributed by atoms with Crippen molar-refractivity contribution in [3.05, 3.63) is 24.3 Å². The second-order valence-corrected chi connectivity index (χ2v) is 5.76. The van der Waals surface area contributed by atoms with Crippen molar-refractivity contribution in [1.82, 2.24) is 4.98 Å². The van der Waals surface area contributed by atoms with Crippen molar-refractivity contribution in [1.29, 1.82) is 0 Å². The molecule has 5 nitrogen and oxygen atoms in total. The molecule has 1 atom stereocenters. The fraction of sp³-hybridized carbons (Fsp3) is 0.500. The summed E-state index contributed by atoms with van der Waals surface area (Å²) in [5, 5.41) is 12.3. The molecule has 0 saturated heterocycles. The van der Waals surface area contributed by atoms with Gasteiger partial charge in [-0.15, -0.1) is 0 Å². The van der Waals surface area contributed by atoms with Crippen LogP contribution in [-0.4, -0.2) is 22.1 Å². The van der Waals surface area contributed by atoms with Gasteiger partial charge in [0.25, 0.3) is 6.01 Å². The van der Waals surface area contributed by atoms with Gasteiger partial charge in [0, 0.05) is 0 Å². The molecule has 1 heterocycles. The summed E-state index contributed by atoms with van der Waals surface area (Å²) >= 11 is 0. The van der Waals surface area contributed by atoms with Crippen molar-refractivity contribution in [2.75, 3.05) is 5.32 Å². The van der Waals surface area contributed by atoms with Crippen LogP contribution >= 0.6 is 0 Å². The van der Waals surface area contributed by atoms with E-state index < -0.39 is 12.0 Å². The Morgan fingerprint density at radius 2 is 2.10 bits per heavy atom. The second-order valence-electron chi connectivity index (χ2n) is 5.76. The van der Waals surface area contributed by atoms with Crippen molar-refractivity contribution in [2.24, 2.45) is 5.92 Å². The normalized spacial score (nSPS) is 17.7. The first-order valence-electron chi connectivity index (χ1n) is 7.57. The molecule has 112 valence electrons. The second kappa shape index (κ2) is 6.16. The van der Waals surface area contributed by atoms with E-state index in [2.05, 4.69) is 10.3 Å². The van der Waals surface area contributed by atoms with Crippen LogP contribution in [0.4, 0.5) is 6.01 Å². The van der Waals surface area contributed by atoms with Gasteiger partial charge in [0.1, 0.15) is 11.6 Å². The maximum atomic E-state index is 11.5. The summed E-state index contributed by atoms with van der Waals surface area (Å²) < 4.78 is 5.55. The molecule has 1 aromatic heterocycles. The lowest BCUT2D eigenvalue weighted by Gasteiger charge is -2.24. The molecule has 0 amide bonds. The lowest BCUT2D eigenvalue weighted by molar-refractivity contribution is -0.138. The van der Waals surface area contributed by atoms with Crippen LogP contribution in [0.1, 0.15) is 38.5 Å². The number of carboxylic acid groups (broad SMARTS) is 1. The Balaban J connectivity index is 1.70. The van der Waals surface area contributed by atoms with E-state index >= 15 is 0 Å². The molecule has 1 aliphatic rings. The molecule has 5 heteroatoms. The average Bonchev–Trinajstić information content (AvgIpc) is 2.90. The van der Waals surface area contributed by atoms with E-state index in [0.717, 1.165) is 18.4 Å². The van der Waals surface area contributed by atoms with Crippen LogP contribution in [0.2, 0.25) is 0 Å². The molecule has 21 heavy (non-hydrogen) atoms. The van der Waals surface area contributed by atoms with Gasteiger partial charge in [-0.2, -0.15) is 4.98 Å². The lowest BCUT2D eigenvalue weighted by atomic mass is 9.85. The number of hydrogen-bond donors (Lipinski definition) is 2. The summed E-state index contributed by atoms with van der Waals surface area (Å²) in [6.45, 7) is 0. The number of aromatic nitrogens is 1. The van der Waals surface area contributed by atoms with Gasteiger partial charge in [0.15, 0.2) is 5.58 Å². The molecular weight excluding hydrogens is 268 g/mol. The van der Waals surface area contributed by atoms with Gasteiger partial charge >= 0.3 is 5.97 Å². The van der Waals surface area contributed by atoms with Crippen LogP contribution in [0.15, 0.2) is 28.7 Å². The molecule has 1 unspecified atom stereocenters. The Morgan fingerprint density at radius 3 is 2.81 bits per heavy atom. The fourth-order valence-electron chi connectivity index (χ4n) is 3.06. The monoisotopic (exact) mass is 288 g/mol. The van der Waals surface area contributed by atoms with E-state index in [1.54, 1.807) is 0 Å². The third kappa shape index (κ3) is 3.35. The first-order chi connectivity index (χ1) is 10.2. The molecule has 0 aliphatic heterocycles. The zero-order valence-electron chi connectivity index (χ0n) is 11.9. The average molecular weight is 288 g/mol. The zero-order chi connectivity index (χ0) is 14.7. The Bertz CT molecular complexity index is 584. The van der Waals surface area contributed by atoms with Crippen LogP contribution in [0.5, 0.6) is 0 Å². The molecule has 2 aromatic rings. The highest BCUT2D eigenvalue weighted by Gasteiger charge is 2.25. The number of nitrogens with one attached hydrogen (secondary N) is 1. The van der Waals surface area contributed by atoms with Crippen molar-refractivity contribution in [3.8, 4) is 0 Å². The number of fused-ring (bicyclic) bond motifs is 1. The van der Waals surface area contributed by atoms with E-state index in [9.17, 15) is 9.90 Å². The summed E-state index contributed by atoms with van der Waals surface area (Å²) in [5.41, 5.74) is 1.41. The van der Waals surface area contributed by atoms with Crippen molar-refractivity contribution in [2.45, 2.75) is 44.6 Å². The Hall–Kier alpha value is -2.04. The topological polar surface area (TPSA) is 75.4 Å². The molecular formula is C16H20N2O3. The van der Waals surface area contributed by atoms with E-state index in [0.29, 0.717) is 23.9 Å². The highest BCUT2D eigenvalue weighted by molar-refractivity contribution is 5.78. The molecule has 1 fully saturated rings. The van der Waals surface area contributed by atoms with E-state index in [-0.39, 0.29) is 0 Å². The number of carboxylic acids is 1. The SMILES string of the molecule is O=C(O)C(CC1CCCCC1)Nc1nc2ccccc2o1. The minimum atomic E-state index is -0.845. The van der Waals surface area contributed by atoms with Crippen molar-refractivity contribution >= 4 is 23.1 Å². The number of benzene rings is 1. The van der Waals surface area contributed by atoms with Gasteiger partial charge in [-0.05, 0) is 24.5 Å². The number of para-hydroxylation sites is 2. The number of carbonyl (C=O) groups is 1. The van der Waals surface area contributed by atoms with Gasteiger partial charge in [-0.25, -0.2) is 4.79 Å². The van der Waals surface area contributed by atoms with Gasteiger partial charge in [-0.3, -0.25) is 0 Å².